The van der Waals surface area contributed by atoms with Gasteiger partial charge in [-0.3, -0.25) is 4.90 Å². The van der Waals surface area contributed by atoms with Crippen molar-refractivity contribution >= 4 is 11.9 Å². The van der Waals surface area contributed by atoms with Crippen LogP contribution in [0.3, 0.4) is 0 Å². The van der Waals surface area contributed by atoms with Gasteiger partial charge >= 0.3 is 12.1 Å². The molecule has 2 fully saturated rings. The van der Waals surface area contributed by atoms with E-state index < -0.39 is 17.0 Å². The molecule has 1 saturated carbocycles. The molecule has 1 amide bonds. The van der Waals surface area contributed by atoms with Crippen molar-refractivity contribution in [1.29, 1.82) is 5.26 Å². The quantitative estimate of drug-likeness (QED) is 0.600. The number of rotatable bonds is 7. The number of nitriles is 1. The van der Waals surface area contributed by atoms with Crippen LogP contribution in [0.4, 0.5) is 10.6 Å². The summed E-state index contributed by atoms with van der Waals surface area (Å²) in [6.45, 7) is 10.3. The van der Waals surface area contributed by atoms with Crippen LogP contribution in [-0.2, 0) is 13.0 Å². The first kappa shape index (κ1) is 25.5. The number of aromatic nitrogens is 2. The van der Waals surface area contributed by atoms with Gasteiger partial charge in [0.05, 0.1) is 30.3 Å². The Labute approximate surface area is 208 Å². The standard InChI is InChI=1S/C25H39N7O3/c1-23(2,3)25(9-10-26)16-31(12-13-32(25)22(33)34)20-18-6-11-27-14-19(18)28-21(29-20)35-17-24(7-8-24)15-30(4)5/h27H,6-9,11-17H2,1-5H3,(H,33,34). The smallest absolute Gasteiger partial charge is 0.407 e. The third-order valence-electron chi connectivity index (χ3n) is 7.87. The van der Waals surface area contributed by atoms with Gasteiger partial charge < -0.3 is 25.0 Å². The van der Waals surface area contributed by atoms with Gasteiger partial charge in [0.1, 0.15) is 5.82 Å². The zero-order chi connectivity index (χ0) is 25.4. The lowest BCUT2D eigenvalue weighted by Gasteiger charge is -2.55. The minimum absolute atomic E-state index is 0.116. The van der Waals surface area contributed by atoms with Gasteiger partial charge in [0.15, 0.2) is 0 Å². The Morgan fingerprint density at radius 1 is 1.29 bits per heavy atom. The summed E-state index contributed by atoms with van der Waals surface area (Å²) < 4.78 is 6.20. The highest BCUT2D eigenvalue weighted by Gasteiger charge is 2.53. The Bertz CT molecular complexity index is 996. The van der Waals surface area contributed by atoms with Crippen LogP contribution < -0.4 is 15.0 Å². The summed E-state index contributed by atoms with van der Waals surface area (Å²) in [6.07, 6.45) is 2.22. The molecule has 1 aromatic rings. The molecule has 3 heterocycles. The van der Waals surface area contributed by atoms with Crippen molar-refractivity contribution in [2.24, 2.45) is 10.8 Å². The van der Waals surface area contributed by atoms with E-state index in [4.69, 9.17) is 14.7 Å². The number of amides is 1. The summed E-state index contributed by atoms with van der Waals surface area (Å²) in [5, 5.41) is 23.1. The number of hydrogen-bond donors (Lipinski definition) is 2. The normalized spacial score (nSPS) is 23.6. The van der Waals surface area contributed by atoms with Gasteiger partial charge in [-0.1, -0.05) is 20.8 Å². The van der Waals surface area contributed by atoms with Crippen molar-refractivity contribution in [2.45, 2.75) is 58.5 Å². The minimum atomic E-state index is -0.983. The summed E-state index contributed by atoms with van der Waals surface area (Å²) in [5.74, 6) is 0.820. The maximum atomic E-state index is 12.2. The van der Waals surface area contributed by atoms with E-state index in [1.165, 1.54) is 4.90 Å². The third-order valence-corrected chi connectivity index (χ3v) is 7.87. The van der Waals surface area contributed by atoms with Gasteiger partial charge in [-0.05, 0) is 45.3 Å². The van der Waals surface area contributed by atoms with E-state index >= 15 is 0 Å². The maximum Gasteiger partial charge on any atom is 0.407 e. The van der Waals surface area contributed by atoms with Crippen LogP contribution in [0, 0.1) is 22.2 Å². The SMILES string of the molecule is CN(C)CC1(COc2nc3c(c(N4CCN(C(=O)O)C(CC#N)(C(C)(C)C)C4)n2)CCNC3)CC1. The van der Waals surface area contributed by atoms with Crippen molar-refractivity contribution in [1.82, 2.24) is 25.1 Å². The van der Waals surface area contributed by atoms with Crippen molar-refractivity contribution in [3.63, 3.8) is 0 Å². The van der Waals surface area contributed by atoms with Gasteiger partial charge in [0.2, 0.25) is 0 Å². The lowest BCUT2D eigenvalue weighted by molar-refractivity contribution is -0.00290. The predicted molar refractivity (Wildman–Crippen MR) is 133 cm³/mol. The molecule has 0 spiro atoms. The summed E-state index contributed by atoms with van der Waals surface area (Å²) in [7, 11) is 4.16. The molecule has 2 N–H and O–H groups in total. The van der Waals surface area contributed by atoms with E-state index in [0.717, 1.165) is 49.4 Å². The van der Waals surface area contributed by atoms with E-state index in [1.54, 1.807) is 0 Å². The first-order valence-corrected chi connectivity index (χ1v) is 12.5. The molecule has 1 unspecified atom stereocenters. The fourth-order valence-corrected chi connectivity index (χ4v) is 5.62. The van der Waals surface area contributed by atoms with Crippen molar-refractivity contribution in [2.75, 3.05) is 58.3 Å². The number of piperazine rings is 1. The molecule has 192 valence electrons. The number of ether oxygens (including phenoxy) is 1. The molecule has 1 atom stereocenters. The van der Waals surface area contributed by atoms with Crippen LogP contribution >= 0.6 is 0 Å². The van der Waals surface area contributed by atoms with Crippen molar-refractivity contribution in [3.8, 4) is 12.1 Å². The molecule has 1 saturated heterocycles. The van der Waals surface area contributed by atoms with E-state index in [0.29, 0.717) is 38.8 Å². The number of anilines is 1. The number of nitrogens with one attached hydrogen (secondary N) is 1. The van der Waals surface area contributed by atoms with Crippen molar-refractivity contribution < 1.29 is 14.6 Å². The van der Waals surface area contributed by atoms with E-state index in [-0.39, 0.29) is 11.8 Å². The fourth-order valence-electron chi connectivity index (χ4n) is 5.62. The highest BCUT2D eigenvalue weighted by Crippen LogP contribution is 2.46. The molecule has 4 rings (SSSR count). The summed E-state index contributed by atoms with van der Waals surface area (Å²) in [6, 6.07) is 2.66. The molecule has 0 aromatic carbocycles. The number of carboxylic acid groups (broad SMARTS) is 1. The minimum Gasteiger partial charge on any atom is -0.465 e. The van der Waals surface area contributed by atoms with Crippen molar-refractivity contribution in [3.05, 3.63) is 11.3 Å². The second-order valence-electron chi connectivity index (χ2n) is 11.7. The van der Waals surface area contributed by atoms with Gasteiger partial charge in [-0.2, -0.15) is 15.2 Å². The molecule has 3 aliphatic rings. The largest absolute Gasteiger partial charge is 0.465 e. The number of nitrogens with zero attached hydrogens (tertiary/aromatic N) is 6. The van der Waals surface area contributed by atoms with Crippen LogP contribution in [0.15, 0.2) is 0 Å². The molecule has 1 aromatic heterocycles. The maximum absolute atomic E-state index is 12.2. The Balaban J connectivity index is 1.67. The number of hydrogen-bond acceptors (Lipinski definition) is 8. The first-order valence-electron chi connectivity index (χ1n) is 12.5. The van der Waals surface area contributed by atoms with Gasteiger partial charge in [-0.15, -0.1) is 0 Å². The number of carbonyl (C=O) groups is 1. The Morgan fingerprint density at radius 2 is 2.03 bits per heavy atom. The molecule has 0 radical (unpaired) electrons. The molecule has 0 bridgehead atoms. The zero-order valence-electron chi connectivity index (χ0n) is 21.7. The van der Waals surface area contributed by atoms with Gasteiger partial charge in [0.25, 0.3) is 0 Å². The summed E-state index contributed by atoms with van der Waals surface area (Å²) in [5.41, 5.74) is 0.896. The first-order chi connectivity index (χ1) is 16.5. The highest BCUT2D eigenvalue weighted by molar-refractivity contribution is 5.68. The summed E-state index contributed by atoms with van der Waals surface area (Å²) >= 11 is 0. The van der Waals surface area contributed by atoms with Crippen LogP contribution in [0.25, 0.3) is 0 Å². The highest BCUT2D eigenvalue weighted by atomic mass is 16.5. The Morgan fingerprint density at radius 3 is 2.63 bits per heavy atom. The van der Waals surface area contributed by atoms with Crippen LogP contribution in [0.1, 0.15) is 51.3 Å². The topological polar surface area (TPSA) is 118 Å². The predicted octanol–water partition coefficient (Wildman–Crippen LogP) is 2.34. The molecule has 1 aliphatic carbocycles. The molecule has 2 aliphatic heterocycles. The Kier molecular flexibility index (Phi) is 6.86. The molecular weight excluding hydrogens is 446 g/mol. The van der Waals surface area contributed by atoms with Gasteiger partial charge in [-0.25, -0.2) is 4.79 Å². The average molecular weight is 486 g/mol. The second kappa shape index (κ2) is 9.43. The van der Waals surface area contributed by atoms with E-state index in [2.05, 4.69) is 35.3 Å². The lowest BCUT2D eigenvalue weighted by Crippen LogP contribution is -2.69. The molecular formula is C25H39N7O3. The van der Waals surface area contributed by atoms with Crippen LogP contribution in [-0.4, -0.2) is 89.9 Å². The molecule has 10 nitrogen and oxygen atoms in total. The van der Waals surface area contributed by atoms with Crippen LogP contribution in [0.5, 0.6) is 6.01 Å². The zero-order valence-corrected chi connectivity index (χ0v) is 21.7. The second-order valence-corrected chi connectivity index (χ2v) is 11.7. The third kappa shape index (κ3) is 5.02. The fraction of sp³-hybridized carbons (Fsp3) is 0.760. The average Bonchev–Trinajstić information content (AvgIpc) is 3.55. The lowest BCUT2D eigenvalue weighted by atomic mass is 9.69. The Hall–Kier alpha value is -2.64. The monoisotopic (exact) mass is 485 g/mol. The molecule has 35 heavy (non-hydrogen) atoms. The van der Waals surface area contributed by atoms with E-state index in [9.17, 15) is 15.2 Å². The summed E-state index contributed by atoms with van der Waals surface area (Å²) in [4.78, 5) is 27.7. The van der Waals surface area contributed by atoms with Gasteiger partial charge in [0, 0.05) is 43.7 Å². The number of fused-ring (bicyclic) bond motifs is 1. The van der Waals surface area contributed by atoms with E-state index in [1.807, 2.05) is 20.8 Å². The van der Waals surface area contributed by atoms with Crippen LogP contribution in [0.2, 0.25) is 0 Å². The molecule has 10 heteroatoms.